The molecule has 2 heterocycles. The summed E-state index contributed by atoms with van der Waals surface area (Å²) in [4.78, 5) is 7.78. The van der Waals surface area contributed by atoms with Crippen LogP contribution in [-0.2, 0) is 10.0 Å². The van der Waals surface area contributed by atoms with E-state index in [0.717, 1.165) is 13.0 Å². The Balaban J connectivity index is 0.00000144. The van der Waals surface area contributed by atoms with Crippen LogP contribution < -0.4 is 10.0 Å². The van der Waals surface area contributed by atoms with E-state index in [0.29, 0.717) is 12.2 Å². The lowest BCUT2D eigenvalue weighted by molar-refractivity contribution is 0.555. The van der Waals surface area contributed by atoms with Crippen molar-refractivity contribution in [3.63, 3.8) is 0 Å². The molecule has 17 heavy (non-hydrogen) atoms. The van der Waals surface area contributed by atoms with Crippen LogP contribution in [0.3, 0.4) is 0 Å². The first-order chi connectivity index (χ1) is 7.59. The van der Waals surface area contributed by atoms with Gasteiger partial charge in [-0.05, 0) is 19.9 Å². The summed E-state index contributed by atoms with van der Waals surface area (Å²) in [6.45, 7) is 3.14. The fourth-order valence-corrected chi connectivity index (χ4v) is 3.08. The molecule has 0 spiro atoms. The van der Waals surface area contributed by atoms with Crippen LogP contribution in [0.15, 0.2) is 17.4 Å². The predicted octanol–water partition coefficient (Wildman–Crippen LogP) is -0.153. The Labute approximate surface area is 107 Å². The van der Waals surface area contributed by atoms with Crippen LogP contribution in [0, 0.1) is 6.92 Å². The summed E-state index contributed by atoms with van der Waals surface area (Å²) in [6.07, 6.45) is 3.67. The summed E-state index contributed by atoms with van der Waals surface area (Å²) in [7, 11) is -3.54. The molecule has 1 aromatic rings. The van der Waals surface area contributed by atoms with E-state index in [1.165, 1.54) is 12.4 Å². The van der Waals surface area contributed by atoms with Gasteiger partial charge < -0.3 is 5.32 Å². The van der Waals surface area contributed by atoms with Crippen LogP contribution >= 0.6 is 12.4 Å². The lowest BCUT2D eigenvalue weighted by Crippen LogP contribution is -2.37. The van der Waals surface area contributed by atoms with Gasteiger partial charge in [0.25, 0.3) is 10.0 Å². The van der Waals surface area contributed by atoms with Crippen LogP contribution in [0.2, 0.25) is 0 Å². The minimum absolute atomic E-state index is 0. The second-order valence-electron chi connectivity index (χ2n) is 3.76. The Morgan fingerprint density at radius 2 is 2.12 bits per heavy atom. The topological polar surface area (TPSA) is 84.0 Å². The van der Waals surface area contributed by atoms with Crippen LogP contribution in [0.1, 0.15) is 12.1 Å². The molecule has 0 radical (unpaired) electrons. The normalized spacial score (nSPS) is 19.9. The molecule has 0 amide bonds. The van der Waals surface area contributed by atoms with E-state index in [9.17, 15) is 8.42 Å². The van der Waals surface area contributed by atoms with E-state index in [2.05, 4.69) is 20.0 Å². The summed E-state index contributed by atoms with van der Waals surface area (Å²) in [6, 6.07) is -0.0496. The second kappa shape index (κ2) is 5.72. The highest BCUT2D eigenvalue weighted by atomic mass is 35.5. The maximum atomic E-state index is 12.0. The molecule has 1 fully saturated rings. The van der Waals surface area contributed by atoms with Crippen LogP contribution in [-0.4, -0.2) is 37.5 Å². The first-order valence-electron chi connectivity index (χ1n) is 5.10. The molecular formula is C9H15ClN4O2S. The van der Waals surface area contributed by atoms with Gasteiger partial charge >= 0.3 is 0 Å². The number of halogens is 1. The van der Waals surface area contributed by atoms with Gasteiger partial charge in [-0.25, -0.2) is 18.1 Å². The lowest BCUT2D eigenvalue weighted by atomic mass is 10.3. The minimum atomic E-state index is -3.54. The number of hydrogen-bond donors (Lipinski definition) is 2. The van der Waals surface area contributed by atoms with Crippen molar-refractivity contribution in [3.8, 4) is 0 Å². The highest BCUT2D eigenvalue weighted by molar-refractivity contribution is 7.89. The smallest absolute Gasteiger partial charge is 0.260 e. The van der Waals surface area contributed by atoms with Gasteiger partial charge in [0, 0.05) is 25.0 Å². The Kier molecular flexibility index (Phi) is 4.81. The van der Waals surface area contributed by atoms with Crippen molar-refractivity contribution >= 4 is 22.4 Å². The highest BCUT2D eigenvalue weighted by Crippen LogP contribution is 2.10. The summed E-state index contributed by atoms with van der Waals surface area (Å²) in [5.74, 6) is 0. The average Bonchev–Trinajstić information content (AvgIpc) is 2.70. The molecule has 1 aliphatic rings. The van der Waals surface area contributed by atoms with Crippen molar-refractivity contribution in [2.75, 3.05) is 13.1 Å². The molecule has 2 rings (SSSR count). The maximum absolute atomic E-state index is 12.0. The van der Waals surface area contributed by atoms with Gasteiger partial charge in [0.05, 0.1) is 5.69 Å². The molecule has 1 aliphatic heterocycles. The van der Waals surface area contributed by atoms with Gasteiger partial charge in [0.2, 0.25) is 0 Å². The first-order valence-corrected chi connectivity index (χ1v) is 6.58. The van der Waals surface area contributed by atoms with Gasteiger partial charge in [-0.2, -0.15) is 0 Å². The lowest BCUT2D eigenvalue weighted by Gasteiger charge is -2.11. The molecule has 6 nitrogen and oxygen atoms in total. The SMILES string of the molecule is Cc1nccnc1S(=O)(=O)N[C@@H]1CCNC1.Cl. The Hall–Kier alpha value is -0.760. The van der Waals surface area contributed by atoms with Gasteiger partial charge in [-0.3, -0.25) is 4.98 Å². The van der Waals surface area contributed by atoms with Crippen molar-refractivity contribution in [3.05, 3.63) is 18.1 Å². The van der Waals surface area contributed by atoms with E-state index >= 15 is 0 Å². The zero-order valence-electron chi connectivity index (χ0n) is 9.38. The maximum Gasteiger partial charge on any atom is 0.260 e. The first kappa shape index (κ1) is 14.3. The fraction of sp³-hybridized carbons (Fsp3) is 0.556. The molecule has 8 heteroatoms. The Bertz CT molecular complexity index is 474. The molecule has 96 valence electrons. The number of rotatable bonds is 3. The van der Waals surface area contributed by atoms with Crippen molar-refractivity contribution in [2.45, 2.75) is 24.4 Å². The predicted molar refractivity (Wildman–Crippen MR) is 65.6 cm³/mol. The minimum Gasteiger partial charge on any atom is -0.315 e. The molecule has 2 N–H and O–H groups in total. The van der Waals surface area contributed by atoms with Crippen LogP contribution in [0.4, 0.5) is 0 Å². The van der Waals surface area contributed by atoms with E-state index in [4.69, 9.17) is 0 Å². The van der Waals surface area contributed by atoms with E-state index in [1.54, 1.807) is 6.92 Å². The van der Waals surface area contributed by atoms with Crippen molar-refractivity contribution in [2.24, 2.45) is 0 Å². The third-order valence-electron chi connectivity index (χ3n) is 2.47. The summed E-state index contributed by atoms with van der Waals surface area (Å²) in [5, 5.41) is 3.11. The van der Waals surface area contributed by atoms with Gasteiger partial charge in [-0.1, -0.05) is 0 Å². The molecule has 0 bridgehead atoms. The third-order valence-corrected chi connectivity index (χ3v) is 4.03. The Morgan fingerprint density at radius 3 is 2.71 bits per heavy atom. The fourth-order valence-electron chi connectivity index (χ4n) is 1.69. The molecule has 1 aromatic heterocycles. The third kappa shape index (κ3) is 3.35. The number of nitrogens with zero attached hydrogens (tertiary/aromatic N) is 2. The molecule has 1 atom stereocenters. The van der Waals surface area contributed by atoms with Crippen LogP contribution in [0.25, 0.3) is 0 Å². The summed E-state index contributed by atoms with van der Waals surface area (Å²) in [5.41, 5.74) is 0.418. The number of nitrogens with one attached hydrogen (secondary N) is 2. The molecule has 0 saturated carbocycles. The molecule has 0 unspecified atom stereocenters. The van der Waals surface area contributed by atoms with Crippen molar-refractivity contribution in [1.29, 1.82) is 0 Å². The number of aryl methyl sites for hydroxylation is 1. The monoisotopic (exact) mass is 278 g/mol. The summed E-state index contributed by atoms with van der Waals surface area (Å²) >= 11 is 0. The van der Waals surface area contributed by atoms with E-state index < -0.39 is 10.0 Å². The van der Waals surface area contributed by atoms with Gasteiger partial charge in [-0.15, -0.1) is 12.4 Å². The molecule has 1 saturated heterocycles. The number of sulfonamides is 1. The largest absolute Gasteiger partial charge is 0.315 e. The Morgan fingerprint density at radius 1 is 1.41 bits per heavy atom. The standard InChI is InChI=1S/C9H14N4O2S.ClH/c1-7-9(12-5-4-11-7)16(14,15)13-8-2-3-10-6-8;/h4-5,8,10,13H,2-3,6H2,1H3;1H/t8-;/m1./s1. The highest BCUT2D eigenvalue weighted by Gasteiger charge is 2.25. The number of aromatic nitrogens is 2. The molecule has 0 aliphatic carbocycles. The second-order valence-corrected chi connectivity index (χ2v) is 5.39. The van der Waals surface area contributed by atoms with E-state index in [1.807, 2.05) is 0 Å². The zero-order chi connectivity index (χ0) is 11.6. The van der Waals surface area contributed by atoms with Gasteiger partial charge in [0.1, 0.15) is 0 Å². The zero-order valence-corrected chi connectivity index (χ0v) is 11.0. The van der Waals surface area contributed by atoms with Crippen molar-refractivity contribution < 1.29 is 8.42 Å². The van der Waals surface area contributed by atoms with E-state index in [-0.39, 0.29) is 23.5 Å². The summed E-state index contributed by atoms with van der Waals surface area (Å²) < 4.78 is 26.6. The number of hydrogen-bond acceptors (Lipinski definition) is 5. The molecular weight excluding hydrogens is 264 g/mol. The van der Waals surface area contributed by atoms with Crippen LogP contribution in [0.5, 0.6) is 0 Å². The molecule has 0 aromatic carbocycles. The quantitative estimate of drug-likeness (QED) is 0.803. The average molecular weight is 279 g/mol. The van der Waals surface area contributed by atoms with Crippen molar-refractivity contribution in [1.82, 2.24) is 20.0 Å². The van der Waals surface area contributed by atoms with Gasteiger partial charge in [0.15, 0.2) is 5.03 Å².